The number of carboxylic acid groups (broad SMARTS) is 1. The van der Waals surface area contributed by atoms with Crippen LogP contribution in [0.3, 0.4) is 0 Å². The summed E-state index contributed by atoms with van der Waals surface area (Å²) in [5, 5.41) is 17.3. The number of aliphatic carboxylic acids is 1. The van der Waals surface area contributed by atoms with Crippen LogP contribution in [0.2, 0.25) is 0 Å². The largest absolute Gasteiger partial charge is 0.480 e. The number of aliphatic hydroxyl groups excluding tert-OH is 1. The Balaban J connectivity index is 2.65. The van der Waals surface area contributed by atoms with Crippen LogP contribution in [0, 0.1) is 0 Å². The number of carboxylic acids is 1. The fourth-order valence-electron chi connectivity index (χ4n) is 1.21. The highest BCUT2D eigenvalue weighted by molar-refractivity contribution is 7.87. The van der Waals surface area contributed by atoms with Crippen molar-refractivity contribution in [1.82, 2.24) is 9.03 Å². The summed E-state index contributed by atoms with van der Waals surface area (Å²) in [4.78, 5) is 10.6. The Morgan fingerprint density at radius 1 is 1.44 bits per heavy atom. The van der Waals surface area contributed by atoms with Gasteiger partial charge in [-0.25, -0.2) is 0 Å². The highest BCUT2D eigenvalue weighted by Gasteiger charge is 2.29. The molecule has 1 saturated heterocycles. The Labute approximate surface area is 93.0 Å². The fraction of sp³-hybridized carbons (Fsp3) is 0.857. The summed E-state index contributed by atoms with van der Waals surface area (Å²) in [6.07, 6.45) is 0. The topological polar surface area (TPSA) is 116 Å². The van der Waals surface area contributed by atoms with E-state index in [1.807, 2.05) is 4.72 Å². The average Bonchev–Trinajstić information content (AvgIpc) is 2.27. The van der Waals surface area contributed by atoms with Gasteiger partial charge in [0.1, 0.15) is 6.04 Å². The molecule has 16 heavy (non-hydrogen) atoms. The van der Waals surface area contributed by atoms with Gasteiger partial charge in [0, 0.05) is 13.1 Å². The maximum atomic E-state index is 11.6. The zero-order valence-corrected chi connectivity index (χ0v) is 9.31. The molecule has 1 aliphatic heterocycles. The van der Waals surface area contributed by atoms with E-state index in [1.165, 1.54) is 0 Å². The molecule has 94 valence electrons. The molecule has 1 heterocycles. The Morgan fingerprint density at radius 3 is 2.44 bits per heavy atom. The number of hydrogen-bond acceptors (Lipinski definition) is 5. The Bertz CT molecular complexity index is 337. The molecule has 1 fully saturated rings. The Morgan fingerprint density at radius 2 is 2.00 bits per heavy atom. The molecule has 0 aromatic heterocycles. The molecule has 8 nitrogen and oxygen atoms in total. The first-order valence-electron chi connectivity index (χ1n) is 4.66. The molecule has 0 aromatic carbocycles. The fourth-order valence-corrected chi connectivity index (χ4v) is 2.52. The molecule has 0 spiro atoms. The molecule has 9 heteroatoms. The molecule has 0 amide bonds. The zero-order chi connectivity index (χ0) is 12.2. The van der Waals surface area contributed by atoms with E-state index in [0.29, 0.717) is 0 Å². The molecule has 1 rings (SSSR count). The number of hydrogen-bond donors (Lipinski definition) is 3. The van der Waals surface area contributed by atoms with Crippen molar-refractivity contribution in [2.45, 2.75) is 6.04 Å². The predicted octanol–water partition coefficient (Wildman–Crippen LogP) is -2.40. The van der Waals surface area contributed by atoms with Gasteiger partial charge in [0.15, 0.2) is 0 Å². The molecule has 0 bridgehead atoms. The first-order chi connectivity index (χ1) is 7.47. The molecule has 0 aliphatic carbocycles. The van der Waals surface area contributed by atoms with Crippen LogP contribution >= 0.6 is 0 Å². The number of nitrogens with one attached hydrogen (secondary N) is 1. The lowest BCUT2D eigenvalue weighted by Gasteiger charge is -2.27. The van der Waals surface area contributed by atoms with Gasteiger partial charge in [0.25, 0.3) is 10.2 Å². The van der Waals surface area contributed by atoms with Crippen LogP contribution in [0.1, 0.15) is 0 Å². The Hall–Kier alpha value is -0.740. The van der Waals surface area contributed by atoms with Crippen LogP contribution in [-0.2, 0) is 19.7 Å². The minimum Gasteiger partial charge on any atom is -0.480 e. The van der Waals surface area contributed by atoms with Crippen molar-refractivity contribution in [1.29, 1.82) is 0 Å². The van der Waals surface area contributed by atoms with Crippen molar-refractivity contribution < 1.29 is 28.2 Å². The van der Waals surface area contributed by atoms with E-state index in [9.17, 15) is 13.2 Å². The molecule has 3 N–H and O–H groups in total. The molecular formula is C7H14N2O6S. The standard InChI is InChI=1S/C7H14N2O6S/c10-5-6(7(11)12)8-16(13,14)9-1-3-15-4-2-9/h6,8,10H,1-5H2,(H,11,12)/t6-/m1/s1. The second kappa shape index (κ2) is 5.55. The van der Waals surface area contributed by atoms with E-state index < -0.39 is 28.8 Å². The average molecular weight is 254 g/mol. The number of aliphatic hydroxyl groups is 1. The summed E-state index contributed by atoms with van der Waals surface area (Å²) >= 11 is 0. The van der Waals surface area contributed by atoms with E-state index in [2.05, 4.69) is 0 Å². The second-order valence-corrected chi connectivity index (χ2v) is 4.91. The van der Waals surface area contributed by atoms with Gasteiger partial charge in [-0.1, -0.05) is 0 Å². The van der Waals surface area contributed by atoms with E-state index in [0.717, 1.165) is 4.31 Å². The summed E-state index contributed by atoms with van der Waals surface area (Å²) in [7, 11) is -3.88. The minimum atomic E-state index is -3.88. The summed E-state index contributed by atoms with van der Waals surface area (Å²) in [5.74, 6) is -1.42. The number of ether oxygens (including phenoxy) is 1. The SMILES string of the molecule is O=C(O)[C@@H](CO)NS(=O)(=O)N1CCOCC1. The highest BCUT2D eigenvalue weighted by Crippen LogP contribution is 2.03. The molecule has 0 aromatic rings. The molecule has 0 saturated carbocycles. The minimum absolute atomic E-state index is 0.174. The molecule has 1 atom stereocenters. The van der Waals surface area contributed by atoms with Gasteiger partial charge in [0.05, 0.1) is 19.8 Å². The van der Waals surface area contributed by atoms with Crippen molar-refractivity contribution in [3.63, 3.8) is 0 Å². The summed E-state index contributed by atoms with van der Waals surface area (Å²) in [6.45, 7) is 0.106. The third-order valence-corrected chi connectivity index (χ3v) is 3.71. The lowest BCUT2D eigenvalue weighted by Crippen LogP contribution is -2.52. The van der Waals surface area contributed by atoms with Crippen molar-refractivity contribution >= 4 is 16.2 Å². The zero-order valence-electron chi connectivity index (χ0n) is 8.50. The monoisotopic (exact) mass is 254 g/mol. The van der Waals surface area contributed by atoms with Gasteiger partial charge in [-0.2, -0.15) is 17.4 Å². The van der Waals surface area contributed by atoms with Crippen molar-refractivity contribution in [2.75, 3.05) is 32.9 Å². The molecule has 1 aliphatic rings. The molecular weight excluding hydrogens is 240 g/mol. The summed E-state index contributed by atoms with van der Waals surface area (Å²) < 4.78 is 31.3. The maximum Gasteiger partial charge on any atom is 0.324 e. The van der Waals surface area contributed by atoms with E-state index in [4.69, 9.17) is 14.9 Å². The number of morpholine rings is 1. The second-order valence-electron chi connectivity index (χ2n) is 3.21. The predicted molar refractivity (Wildman–Crippen MR) is 53.0 cm³/mol. The maximum absolute atomic E-state index is 11.6. The number of rotatable bonds is 5. The molecule has 0 radical (unpaired) electrons. The third kappa shape index (κ3) is 3.39. The van der Waals surface area contributed by atoms with Crippen molar-refractivity contribution in [3.8, 4) is 0 Å². The first-order valence-corrected chi connectivity index (χ1v) is 6.10. The van der Waals surface area contributed by atoms with Crippen LogP contribution in [0.5, 0.6) is 0 Å². The third-order valence-electron chi connectivity index (χ3n) is 2.08. The van der Waals surface area contributed by atoms with Crippen LogP contribution in [0.25, 0.3) is 0 Å². The lowest BCUT2D eigenvalue weighted by atomic mass is 10.3. The highest BCUT2D eigenvalue weighted by atomic mass is 32.2. The van der Waals surface area contributed by atoms with Gasteiger partial charge in [0.2, 0.25) is 0 Å². The summed E-state index contributed by atoms with van der Waals surface area (Å²) in [5.41, 5.74) is 0. The Kier molecular flexibility index (Phi) is 4.62. The number of nitrogens with zero attached hydrogens (tertiary/aromatic N) is 1. The van der Waals surface area contributed by atoms with Gasteiger partial charge in [-0.3, -0.25) is 4.79 Å². The first kappa shape index (κ1) is 13.3. The van der Waals surface area contributed by atoms with Crippen LogP contribution in [0.15, 0.2) is 0 Å². The van der Waals surface area contributed by atoms with Crippen molar-refractivity contribution in [2.24, 2.45) is 0 Å². The summed E-state index contributed by atoms with van der Waals surface area (Å²) in [6, 6.07) is -1.52. The quantitative estimate of drug-likeness (QED) is 0.503. The van der Waals surface area contributed by atoms with E-state index in [-0.39, 0.29) is 26.3 Å². The van der Waals surface area contributed by atoms with Crippen LogP contribution < -0.4 is 4.72 Å². The van der Waals surface area contributed by atoms with Gasteiger partial charge in [-0.15, -0.1) is 0 Å². The van der Waals surface area contributed by atoms with E-state index in [1.54, 1.807) is 0 Å². The van der Waals surface area contributed by atoms with Crippen LogP contribution in [0.4, 0.5) is 0 Å². The lowest BCUT2D eigenvalue weighted by molar-refractivity contribution is -0.139. The normalized spacial score (nSPS) is 20.6. The smallest absolute Gasteiger partial charge is 0.324 e. The van der Waals surface area contributed by atoms with Crippen LogP contribution in [-0.4, -0.2) is 67.9 Å². The molecule has 0 unspecified atom stereocenters. The van der Waals surface area contributed by atoms with Gasteiger partial charge in [-0.05, 0) is 0 Å². The van der Waals surface area contributed by atoms with Gasteiger partial charge < -0.3 is 14.9 Å². The van der Waals surface area contributed by atoms with Crippen molar-refractivity contribution in [3.05, 3.63) is 0 Å². The van der Waals surface area contributed by atoms with Gasteiger partial charge >= 0.3 is 5.97 Å². The number of carbonyl (C=O) groups is 1. The van der Waals surface area contributed by atoms with E-state index >= 15 is 0 Å².